The Bertz CT molecular complexity index is 417. The van der Waals surface area contributed by atoms with E-state index >= 15 is 0 Å². The molecule has 0 bridgehead atoms. The Kier molecular flexibility index (Phi) is 3.68. The minimum absolute atomic E-state index is 0.0594. The van der Waals surface area contributed by atoms with Crippen molar-refractivity contribution in [2.45, 2.75) is 19.3 Å². The molecule has 1 aliphatic rings. The number of carbonyl (C=O) groups is 1. The fraction of sp³-hybridized carbons (Fsp3) is 0.417. The summed E-state index contributed by atoms with van der Waals surface area (Å²) in [7, 11) is 0. The molecule has 1 fully saturated rings. The molecule has 0 N–H and O–H groups in total. The first-order chi connectivity index (χ1) is 8.18. The molecule has 0 radical (unpaired) electrons. The van der Waals surface area contributed by atoms with Gasteiger partial charge in [0, 0.05) is 12.1 Å². The summed E-state index contributed by atoms with van der Waals surface area (Å²) in [5.41, 5.74) is 0.0594. The van der Waals surface area contributed by atoms with Crippen molar-refractivity contribution in [1.82, 2.24) is 5.06 Å². The molecule has 2 rings (SSSR count). The largest absolute Gasteiger partial charge is 0.272 e. The molecule has 17 heavy (non-hydrogen) atoms. The molecule has 1 aliphatic heterocycles. The highest BCUT2D eigenvalue weighted by Gasteiger charge is 2.20. The van der Waals surface area contributed by atoms with Gasteiger partial charge in [0.1, 0.15) is 0 Å². The van der Waals surface area contributed by atoms with E-state index in [1.165, 1.54) is 17.2 Å². The van der Waals surface area contributed by atoms with E-state index in [-0.39, 0.29) is 17.9 Å². The lowest BCUT2D eigenvalue weighted by Crippen LogP contribution is -2.36. The van der Waals surface area contributed by atoms with E-state index in [0.717, 1.165) is 18.9 Å². The van der Waals surface area contributed by atoms with Gasteiger partial charge in [-0.15, -0.1) is 0 Å². The average Bonchev–Trinajstić information content (AvgIpc) is 2.36. The zero-order valence-corrected chi connectivity index (χ0v) is 9.29. The molecular weight excluding hydrogens is 228 g/mol. The Hall–Kier alpha value is -1.49. The maximum absolute atomic E-state index is 13.3. The quantitative estimate of drug-likeness (QED) is 0.793. The molecule has 1 aromatic carbocycles. The molecule has 1 amide bonds. The summed E-state index contributed by atoms with van der Waals surface area (Å²) in [5.74, 6) is -2.23. The van der Waals surface area contributed by atoms with Gasteiger partial charge in [-0.25, -0.2) is 13.8 Å². The minimum Gasteiger partial charge on any atom is -0.272 e. The molecule has 0 aliphatic carbocycles. The van der Waals surface area contributed by atoms with E-state index in [0.29, 0.717) is 13.2 Å². The van der Waals surface area contributed by atoms with Crippen molar-refractivity contribution in [2.75, 3.05) is 13.2 Å². The van der Waals surface area contributed by atoms with E-state index in [4.69, 9.17) is 4.84 Å². The lowest BCUT2D eigenvalue weighted by atomic mass is 10.1. The van der Waals surface area contributed by atoms with Gasteiger partial charge in [-0.3, -0.25) is 9.63 Å². The molecular formula is C12H13F2NO2. The minimum atomic E-state index is -0.960. The van der Waals surface area contributed by atoms with Crippen LogP contribution in [0.3, 0.4) is 0 Å². The number of carbonyl (C=O) groups excluding carboxylic acids is 1. The maximum atomic E-state index is 13.3. The van der Waals surface area contributed by atoms with Crippen molar-refractivity contribution in [1.29, 1.82) is 0 Å². The second-order valence-corrected chi connectivity index (χ2v) is 3.93. The standard InChI is InChI=1S/C12H13F2NO2/c13-10-5-3-4-9(12(10)14)8-11(16)15-6-1-2-7-17-15/h3-5H,1-2,6-8H2. The number of rotatable bonds is 2. The highest BCUT2D eigenvalue weighted by Crippen LogP contribution is 2.14. The van der Waals surface area contributed by atoms with Gasteiger partial charge in [-0.1, -0.05) is 12.1 Å². The van der Waals surface area contributed by atoms with Crippen molar-refractivity contribution in [3.05, 3.63) is 35.4 Å². The summed E-state index contributed by atoms with van der Waals surface area (Å²) in [6.45, 7) is 1.01. The molecule has 5 heteroatoms. The predicted molar refractivity (Wildman–Crippen MR) is 57.0 cm³/mol. The molecule has 0 spiro atoms. The Balaban J connectivity index is 2.04. The van der Waals surface area contributed by atoms with E-state index in [1.807, 2.05) is 0 Å². The first-order valence-corrected chi connectivity index (χ1v) is 5.54. The third-order valence-corrected chi connectivity index (χ3v) is 2.65. The summed E-state index contributed by atoms with van der Waals surface area (Å²) >= 11 is 0. The Labute approximate surface area is 97.9 Å². The number of amides is 1. The number of hydrogen-bond acceptors (Lipinski definition) is 2. The number of hydrogen-bond donors (Lipinski definition) is 0. The third-order valence-electron chi connectivity index (χ3n) is 2.65. The second kappa shape index (κ2) is 5.23. The van der Waals surface area contributed by atoms with Crippen LogP contribution >= 0.6 is 0 Å². The van der Waals surface area contributed by atoms with Crippen molar-refractivity contribution in [2.24, 2.45) is 0 Å². The molecule has 0 atom stereocenters. The summed E-state index contributed by atoms with van der Waals surface area (Å²) in [4.78, 5) is 16.9. The fourth-order valence-electron chi connectivity index (χ4n) is 1.73. The zero-order chi connectivity index (χ0) is 12.3. The summed E-state index contributed by atoms with van der Waals surface area (Å²) in [5, 5.41) is 1.23. The van der Waals surface area contributed by atoms with Crippen LogP contribution in [0.1, 0.15) is 18.4 Å². The van der Waals surface area contributed by atoms with Crippen LogP contribution in [0.4, 0.5) is 8.78 Å². The molecule has 0 aromatic heterocycles. The Morgan fingerprint density at radius 3 is 2.88 bits per heavy atom. The van der Waals surface area contributed by atoms with Gasteiger partial charge < -0.3 is 0 Å². The number of hydroxylamine groups is 2. The van der Waals surface area contributed by atoms with Crippen LogP contribution in [0.15, 0.2) is 18.2 Å². The van der Waals surface area contributed by atoms with Gasteiger partial charge in [-0.05, 0) is 18.9 Å². The normalized spacial score (nSPS) is 16.0. The van der Waals surface area contributed by atoms with Gasteiger partial charge in [0.25, 0.3) is 5.91 Å². The van der Waals surface area contributed by atoms with E-state index in [9.17, 15) is 13.6 Å². The number of benzene rings is 1. The Morgan fingerprint density at radius 1 is 1.35 bits per heavy atom. The van der Waals surface area contributed by atoms with E-state index in [1.54, 1.807) is 0 Å². The van der Waals surface area contributed by atoms with Crippen LogP contribution in [-0.4, -0.2) is 24.1 Å². The second-order valence-electron chi connectivity index (χ2n) is 3.93. The molecule has 0 saturated carbocycles. The zero-order valence-electron chi connectivity index (χ0n) is 9.29. The van der Waals surface area contributed by atoms with Gasteiger partial charge in [0.05, 0.1) is 13.0 Å². The fourth-order valence-corrected chi connectivity index (χ4v) is 1.73. The van der Waals surface area contributed by atoms with Gasteiger partial charge in [-0.2, -0.15) is 0 Å². The van der Waals surface area contributed by atoms with Crippen LogP contribution in [0.2, 0.25) is 0 Å². The smallest absolute Gasteiger partial charge is 0.250 e. The number of halogens is 2. The van der Waals surface area contributed by atoms with Crippen LogP contribution < -0.4 is 0 Å². The maximum Gasteiger partial charge on any atom is 0.250 e. The summed E-state index contributed by atoms with van der Waals surface area (Å²) in [6, 6.07) is 3.82. The van der Waals surface area contributed by atoms with Crippen LogP contribution in [0.5, 0.6) is 0 Å². The molecule has 3 nitrogen and oxygen atoms in total. The third kappa shape index (κ3) is 2.79. The van der Waals surface area contributed by atoms with Crippen LogP contribution in [0, 0.1) is 11.6 Å². The molecule has 0 unspecified atom stereocenters. The summed E-state index contributed by atoms with van der Waals surface area (Å²) < 4.78 is 26.3. The van der Waals surface area contributed by atoms with Crippen molar-refractivity contribution >= 4 is 5.91 Å². The molecule has 1 heterocycles. The van der Waals surface area contributed by atoms with Gasteiger partial charge in [0.15, 0.2) is 11.6 Å². The lowest BCUT2D eigenvalue weighted by Gasteiger charge is -2.25. The van der Waals surface area contributed by atoms with Crippen molar-refractivity contribution in [3.8, 4) is 0 Å². The topological polar surface area (TPSA) is 29.5 Å². The van der Waals surface area contributed by atoms with E-state index < -0.39 is 11.6 Å². The first kappa shape index (κ1) is 12.0. The van der Waals surface area contributed by atoms with E-state index in [2.05, 4.69) is 0 Å². The predicted octanol–water partition coefficient (Wildman–Crippen LogP) is 2.06. The monoisotopic (exact) mass is 241 g/mol. The highest BCUT2D eigenvalue weighted by molar-refractivity contribution is 5.77. The van der Waals surface area contributed by atoms with Gasteiger partial charge >= 0.3 is 0 Å². The molecule has 1 saturated heterocycles. The molecule has 1 aromatic rings. The van der Waals surface area contributed by atoms with Crippen LogP contribution in [0.25, 0.3) is 0 Å². The number of nitrogens with zero attached hydrogens (tertiary/aromatic N) is 1. The average molecular weight is 241 g/mol. The lowest BCUT2D eigenvalue weighted by molar-refractivity contribution is -0.196. The van der Waals surface area contributed by atoms with Crippen molar-refractivity contribution in [3.63, 3.8) is 0 Å². The van der Waals surface area contributed by atoms with Crippen molar-refractivity contribution < 1.29 is 18.4 Å². The Morgan fingerprint density at radius 2 is 2.18 bits per heavy atom. The van der Waals surface area contributed by atoms with Gasteiger partial charge in [0.2, 0.25) is 0 Å². The molecule has 92 valence electrons. The highest BCUT2D eigenvalue weighted by atomic mass is 19.2. The van der Waals surface area contributed by atoms with Crippen LogP contribution in [-0.2, 0) is 16.1 Å². The SMILES string of the molecule is O=C(Cc1cccc(F)c1F)N1CCCCO1. The first-order valence-electron chi connectivity index (χ1n) is 5.54. The summed E-state index contributed by atoms with van der Waals surface area (Å²) in [6.07, 6.45) is 1.61.